The van der Waals surface area contributed by atoms with Crippen molar-refractivity contribution in [3.05, 3.63) is 63.6 Å². The maximum Gasteiger partial charge on any atom is 0.328 e. The van der Waals surface area contributed by atoms with Crippen molar-refractivity contribution < 1.29 is 19.4 Å². The third-order valence-electron chi connectivity index (χ3n) is 4.20. The van der Waals surface area contributed by atoms with Gasteiger partial charge in [0.15, 0.2) is 5.54 Å². The van der Waals surface area contributed by atoms with Gasteiger partial charge in [-0.05, 0) is 42.0 Å². The normalized spacial score (nSPS) is 20.6. The molecular formula is C18H13BrN2O4. The summed E-state index contributed by atoms with van der Waals surface area (Å²) < 4.78 is 12.4. The Hall–Kier alpha value is -2.80. The first-order chi connectivity index (χ1) is 12.0. The van der Waals surface area contributed by atoms with Crippen LogP contribution in [0.1, 0.15) is 16.7 Å². The topological polar surface area (TPSA) is 94.1 Å². The molecule has 3 N–H and O–H groups in total. The second-order valence-corrected chi connectivity index (χ2v) is 6.68. The zero-order valence-electron chi connectivity index (χ0n) is 12.9. The monoisotopic (exact) mass is 400 g/mol. The van der Waals surface area contributed by atoms with Crippen molar-refractivity contribution in [1.82, 2.24) is 0 Å². The van der Waals surface area contributed by atoms with Crippen LogP contribution in [-0.2, 0) is 15.1 Å². The summed E-state index contributed by atoms with van der Waals surface area (Å²) in [5.41, 5.74) is 7.35. The standard InChI is InChI=1S/C18H13BrN2O4/c19-11-3-5-15-13(8-11)18(9-24-17(20)21-18)12-7-10(2-6-16(22)23)1-4-14(12)25-15/h1-8H,9H2,(H2,20,21)(H,22,23)/b6-2+/t18-/m1/s1. The molecule has 4 rings (SSSR count). The Labute approximate surface area is 151 Å². The molecule has 0 unspecified atom stereocenters. The van der Waals surface area contributed by atoms with E-state index in [0.717, 1.165) is 27.2 Å². The van der Waals surface area contributed by atoms with Crippen LogP contribution >= 0.6 is 15.9 Å². The number of nitrogens with two attached hydrogens (primary N) is 1. The zero-order valence-corrected chi connectivity index (χ0v) is 14.5. The lowest BCUT2D eigenvalue weighted by atomic mass is 9.81. The van der Waals surface area contributed by atoms with Crippen molar-refractivity contribution in [2.45, 2.75) is 5.54 Å². The number of aliphatic imine (C=N–C) groups is 1. The lowest BCUT2D eigenvalue weighted by molar-refractivity contribution is -0.131. The molecule has 0 amide bonds. The molecule has 2 aromatic carbocycles. The maximum atomic E-state index is 10.8. The third-order valence-corrected chi connectivity index (χ3v) is 4.70. The molecule has 0 aliphatic carbocycles. The fourth-order valence-corrected chi connectivity index (χ4v) is 3.48. The first kappa shape index (κ1) is 15.7. The molecule has 126 valence electrons. The molecule has 0 saturated heterocycles. The van der Waals surface area contributed by atoms with E-state index in [4.69, 9.17) is 20.3 Å². The summed E-state index contributed by atoms with van der Waals surface area (Å²) in [5.74, 6) is 0.320. The Morgan fingerprint density at radius 1 is 1.24 bits per heavy atom. The van der Waals surface area contributed by atoms with Gasteiger partial charge in [0.25, 0.3) is 6.02 Å². The number of nitrogens with zero attached hydrogens (tertiary/aromatic N) is 1. The summed E-state index contributed by atoms with van der Waals surface area (Å²) in [7, 11) is 0. The number of rotatable bonds is 2. The molecule has 0 fully saturated rings. The highest BCUT2D eigenvalue weighted by Crippen LogP contribution is 2.51. The molecule has 6 nitrogen and oxygen atoms in total. The van der Waals surface area contributed by atoms with E-state index in [9.17, 15) is 4.79 Å². The number of halogens is 1. The fourth-order valence-electron chi connectivity index (χ4n) is 3.12. The van der Waals surface area contributed by atoms with Gasteiger partial charge in [0.05, 0.1) is 0 Å². The van der Waals surface area contributed by atoms with E-state index in [1.54, 1.807) is 12.1 Å². The molecule has 2 aromatic rings. The van der Waals surface area contributed by atoms with Crippen molar-refractivity contribution >= 4 is 34.0 Å². The Kier molecular flexibility index (Phi) is 3.54. The molecule has 2 heterocycles. The third kappa shape index (κ3) is 2.56. The lowest BCUT2D eigenvalue weighted by Crippen LogP contribution is -2.31. The Morgan fingerprint density at radius 2 is 1.96 bits per heavy atom. The number of hydrogen-bond acceptors (Lipinski definition) is 5. The van der Waals surface area contributed by atoms with Gasteiger partial charge in [-0.2, -0.15) is 0 Å². The van der Waals surface area contributed by atoms with Crippen LogP contribution in [0.2, 0.25) is 0 Å². The zero-order chi connectivity index (χ0) is 17.6. The Bertz CT molecular complexity index is 954. The van der Waals surface area contributed by atoms with E-state index in [1.807, 2.05) is 24.3 Å². The summed E-state index contributed by atoms with van der Waals surface area (Å²) in [4.78, 5) is 15.4. The molecule has 0 saturated carbocycles. The van der Waals surface area contributed by atoms with E-state index >= 15 is 0 Å². The van der Waals surface area contributed by atoms with Crippen molar-refractivity contribution in [3.8, 4) is 11.5 Å². The second kappa shape index (κ2) is 5.63. The summed E-state index contributed by atoms with van der Waals surface area (Å²) >= 11 is 3.48. The van der Waals surface area contributed by atoms with E-state index in [1.165, 1.54) is 6.08 Å². The van der Waals surface area contributed by atoms with E-state index in [0.29, 0.717) is 11.5 Å². The highest BCUT2D eigenvalue weighted by Gasteiger charge is 2.47. The van der Waals surface area contributed by atoms with Gasteiger partial charge in [-0.1, -0.05) is 22.0 Å². The number of amidine groups is 1. The average molecular weight is 401 g/mol. The smallest absolute Gasteiger partial charge is 0.328 e. The number of aliphatic carboxylic acids is 1. The van der Waals surface area contributed by atoms with Crippen LogP contribution < -0.4 is 10.5 Å². The van der Waals surface area contributed by atoms with Gasteiger partial charge >= 0.3 is 5.97 Å². The van der Waals surface area contributed by atoms with Crippen LogP contribution in [0.3, 0.4) is 0 Å². The highest BCUT2D eigenvalue weighted by atomic mass is 79.9. The molecule has 2 aliphatic heterocycles. The Balaban J connectivity index is 1.93. The largest absolute Gasteiger partial charge is 0.478 e. The highest BCUT2D eigenvalue weighted by molar-refractivity contribution is 9.10. The van der Waals surface area contributed by atoms with Gasteiger partial charge in [-0.3, -0.25) is 0 Å². The summed E-state index contributed by atoms with van der Waals surface area (Å²) in [6, 6.07) is 11.3. The number of hydrogen-bond donors (Lipinski definition) is 2. The summed E-state index contributed by atoms with van der Waals surface area (Å²) in [6.07, 6.45) is 2.61. The predicted molar refractivity (Wildman–Crippen MR) is 95.7 cm³/mol. The van der Waals surface area contributed by atoms with Crippen LogP contribution in [0.4, 0.5) is 0 Å². The minimum absolute atomic E-state index is 0.116. The van der Waals surface area contributed by atoms with Gasteiger partial charge in [0.1, 0.15) is 18.1 Å². The Morgan fingerprint density at radius 3 is 2.64 bits per heavy atom. The van der Waals surface area contributed by atoms with Gasteiger partial charge in [-0.25, -0.2) is 9.79 Å². The van der Waals surface area contributed by atoms with Crippen molar-refractivity contribution in [2.24, 2.45) is 10.7 Å². The van der Waals surface area contributed by atoms with Gasteiger partial charge in [0, 0.05) is 21.7 Å². The van der Waals surface area contributed by atoms with Gasteiger partial charge in [-0.15, -0.1) is 0 Å². The van der Waals surface area contributed by atoms with E-state index < -0.39 is 11.5 Å². The fraction of sp³-hybridized carbons (Fsp3) is 0.111. The second-order valence-electron chi connectivity index (χ2n) is 5.77. The SMILES string of the molecule is NC1=N[C@@]2(CO1)c1cc(Br)ccc1Oc1ccc(/C=C/C(=O)O)cc12. The molecule has 0 aromatic heterocycles. The summed E-state index contributed by atoms with van der Waals surface area (Å²) in [5, 5.41) is 8.84. The van der Waals surface area contributed by atoms with Crippen LogP contribution in [0, 0.1) is 0 Å². The van der Waals surface area contributed by atoms with Gasteiger partial charge < -0.3 is 20.3 Å². The predicted octanol–water partition coefficient (Wildman–Crippen LogP) is 3.24. The molecule has 1 atom stereocenters. The van der Waals surface area contributed by atoms with Crippen LogP contribution in [0.25, 0.3) is 6.08 Å². The molecule has 0 radical (unpaired) electrons. The van der Waals surface area contributed by atoms with E-state index in [-0.39, 0.29) is 12.6 Å². The van der Waals surface area contributed by atoms with Crippen molar-refractivity contribution in [2.75, 3.05) is 6.61 Å². The first-order valence-electron chi connectivity index (χ1n) is 7.49. The minimum atomic E-state index is -1.01. The first-order valence-corrected chi connectivity index (χ1v) is 8.29. The number of benzene rings is 2. The van der Waals surface area contributed by atoms with Gasteiger partial charge in [0.2, 0.25) is 0 Å². The summed E-state index contributed by atoms with van der Waals surface area (Å²) in [6.45, 7) is 0.255. The number of carboxylic acid groups (broad SMARTS) is 1. The van der Waals surface area contributed by atoms with Crippen molar-refractivity contribution in [1.29, 1.82) is 0 Å². The van der Waals surface area contributed by atoms with E-state index in [2.05, 4.69) is 20.9 Å². The maximum absolute atomic E-state index is 10.8. The quantitative estimate of drug-likeness (QED) is 0.754. The molecule has 7 heteroatoms. The molecule has 0 bridgehead atoms. The minimum Gasteiger partial charge on any atom is -0.478 e. The molecule has 1 spiro atoms. The number of carboxylic acids is 1. The van der Waals surface area contributed by atoms with Crippen molar-refractivity contribution in [3.63, 3.8) is 0 Å². The molecule has 2 aliphatic rings. The molecule has 25 heavy (non-hydrogen) atoms. The molecular weight excluding hydrogens is 388 g/mol. The number of carbonyl (C=O) groups is 1. The average Bonchev–Trinajstić information content (AvgIpc) is 2.97. The number of ether oxygens (including phenoxy) is 2. The lowest BCUT2D eigenvalue weighted by Gasteiger charge is -2.33. The van der Waals surface area contributed by atoms with Crippen LogP contribution in [-0.4, -0.2) is 23.7 Å². The number of fused-ring (bicyclic) bond motifs is 4. The van der Waals surface area contributed by atoms with Crippen LogP contribution in [0.5, 0.6) is 11.5 Å². The van der Waals surface area contributed by atoms with Crippen LogP contribution in [0.15, 0.2) is 51.9 Å².